The van der Waals surface area contributed by atoms with Crippen molar-refractivity contribution in [3.63, 3.8) is 0 Å². The zero-order valence-corrected chi connectivity index (χ0v) is 18.3. The van der Waals surface area contributed by atoms with Crippen LogP contribution in [0.15, 0.2) is 35.9 Å². The SMILES string of the molecule is C/C(=C\c1cc(C)c(-c2ccc(O)c(OS(C)(=O)=O)c2)cc1C)C(=O)NC(C)C. The van der Waals surface area contributed by atoms with Crippen molar-refractivity contribution in [2.45, 2.75) is 40.7 Å². The number of aryl methyl sites for hydroxylation is 2. The van der Waals surface area contributed by atoms with Gasteiger partial charge in [0, 0.05) is 11.6 Å². The highest BCUT2D eigenvalue weighted by Crippen LogP contribution is 2.35. The summed E-state index contributed by atoms with van der Waals surface area (Å²) in [6.07, 6.45) is 2.77. The maximum absolute atomic E-state index is 12.2. The summed E-state index contributed by atoms with van der Waals surface area (Å²) < 4.78 is 27.7. The number of carbonyl (C=O) groups excluding carboxylic acids is 1. The minimum absolute atomic E-state index is 0.0638. The lowest BCUT2D eigenvalue weighted by Gasteiger charge is -2.14. The fourth-order valence-electron chi connectivity index (χ4n) is 2.89. The Morgan fingerprint density at radius 1 is 1.14 bits per heavy atom. The van der Waals surface area contributed by atoms with E-state index in [0.29, 0.717) is 11.1 Å². The van der Waals surface area contributed by atoms with Gasteiger partial charge < -0.3 is 14.6 Å². The van der Waals surface area contributed by atoms with E-state index in [0.717, 1.165) is 28.5 Å². The summed E-state index contributed by atoms with van der Waals surface area (Å²) >= 11 is 0. The lowest BCUT2D eigenvalue weighted by molar-refractivity contribution is -0.117. The molecule has 0 aliphatic rings. The Kier molecular flexibility index (Phi) is 6.74. The van der Waals surface area contributed by atoms with Crippen LogP contribution in [0.4, 0.5) is 0 Å². The van der Waals surface area contributed by atoms with Crippen LogP contribution in [0, 0.1) is 13.8 Å². The third kappa shape index (κ3) is 6.09. The molecule has 6 nitrogen and oxygen atoms in total. The molecule has 2 N–H and O–H groups in total. The van der Waals surface area contributed by atoms with E-state index in [4.69, 9.17) is 4.18 Å². The summed E-state index contributed by atoms with van der Waals surface area (Å²) in [7, 11) is -3.76. The Hall–Kier alpha value is -2.80. The van der Waals surface area contributed by atoms with Gasteiger partial charge in [-0.15, -0.1) is 0 Å². The van der Waals surface area contributed by atoms with Crippen molar-refractivity contribution in [1.82, 2.24) is 5.32 Å². The Labute approximate surface area is 172 Å². The molecule has 2 aromatic rings. The summed E-state index contributed by atoms with van der Waals surface area (Å²) in [6, 6.07) is 8.59. The van der Waals surface area contributed by atoms with E-state index >= 15 is 0 Å². The number of aromatic hydroxyl groups is 1. The molecule has 0 aliphatic carbocycles. The molecule has 1 amide bonds. The van der Waals surface area contributed by atoms with Crippen molar-refractivity contribution in [2.75, 3.05) is 6.26 Å². The number of carbonyl (C=O) groups is 1. The first-order valence-corrected chi connectivity index (χ1v) is 11.0. The predicted octanol–water partition coefficient (Wildman–Crippen LogP) is 3.94. The Morgan fingerprint density at radius 2 is 1.79 bits per heavy atom. The van der Waals surface area contributed by atoms with Crippen molar-refractivity contribution in [3.8, 4) is 22.6 Å². The molecule has 0 saturated carbocycles. The smallest absolute Gasteiger partial charge is 0.306 e. The van der Waals surface area contributed by atoms with E-state index in [1.54, 1.807) is 13.0 Å². The first-order chi connectivity index (χ1) is 13.4. The van der Waals surface area contributed by atoms with Gasteiger partial charge in [-0.25, -0.2) is 0 Å². The molecule has 0 heterocycles. The molecule has 0 radical (unpaired) electrons. The fraction of sp³-hybridized carbons (Fsp3) is 0.318. The molecule has 0 saturated heterocycles. The molecule has 0 spiro atoms. The normalized spacial score (nSPS) is 12.2. The summed E-state index contributed by atoms with van der Waals surface area (Å²) in [5, 5.41) is 12.8. The first kappa shape index (κ1) is 22.5. The first-order valence-electron chi connectivity index (χ1n) is 9.20. The summed E-state index contributed by atoms with van der Waals surface area (Å²) in [5.74, 6) is -0.477. The molecule has 0 bridgehead atoms. The number of phenolic OH excluding ortho intramolecular Hbond substituents is 1. The lowest BCUT2D eigenvalue weighted by atomic mass is 9.94. The molecule has 2 aromatic carbocycles. The monoisotopic (exact) mass is 417 g/mol. The van der Waals surface area contributed by atoms with E-state index in [1.807, 2.05) is 45.9 Å². The van der Waals surface area contributed by atoms with Crippen LogP contribution in [-0.4, -0.2) is 31.7 Å². The molecule has 0 atom stereocenters. The largest absolute Gasteiger partial charge is 0.504 e. The van der Waals surface area contributed by atoms with E-state index in [-0.39, 0.29) is 23.4 Å². The van der Waals surface area contributed by atoms with Crippen molar-refractivity contribution >= 4 is 22.1 Å². The number of nitrogens with one attached hydrogen (secondary N) is 1. The van der Waals surface area contributed by atoms with Gasteiger partial charge in [-0.2, -0.15) is 8.42 Å². The van der Waals surface area contributed by atoms with Crippen LogP contribution in [0.3, 0.4) is 0 Å². The van der Waals surface area contributed by atoms with Crippen LogP contribution in [0.2, 0.25) is 0 Å². The van der Waals surface area contributed by atoms with Gasteiger partial charge in [-0.3, -0.25) is 4.79 Å². The third-order valence-electron chi connectivity index (χ3n) is 4.27. The van der Waals surface area contributed by atoms with Crippen LogP contribution in [0.25, 0.3) is 17.2 Å². The molecule has 0 aromatic heterocycles. The molecule has 7 heteroatoms. The minimum Gasteiger partial charge on any atom is -0.504 e. The molecule has 0 aliphatic heterocycles. The van der Waals surface area contributed by atoms with Gasteiger partial charge in [0.2, 0.25) is 5.91 Å². The van der Waals surface area contributed by atoms with E-state index < -0.39 is 10.1 Å². The molecule has 0 fully saturated rings. The number of amides is 1. The average Bonchev–Trinajstić information content (AvgIpc) is 2.58. The zero-order valence-electron chi connectivity index (χ0n) is 17.5. The molecule has 2 rings (SSSR count). The topological polar surface area (TPSA) is 92.7 Å². The number of rotatable bonds is 6. The molecular weight excluding hydrogens is 390 g/mol. The Bertz CT molecular complexity index is 1070. The van der Waals surface area contributed by atoms with Gasteiger partial charge in [-0.1, -0.05) is 18.2 Å². The number of hydrogen-bond acceptors (Lipinski definition) is 5. The van der Waals surface area contributed by atoms with Crippen LogP contribution in [-0.2, 0) is 14.9 Å². The lowest BCUT2D eigenvalue weighted by Crippen LogP contribution is -2.30. The summed E-state index contributed by atoms with van der Waals surface area (Å²) in [6.45, 7) is 9.47. The van der Waals surface area contributed by atoms with Crippen LogP contribution < -0.4 is 9.50 Å². The maximum atomic E-state index is 12.2. The molecular formula is C22H27NO5S. The number of benzene rings is 2. The van der Waals surface area contributed by atoms with E-state index in [1.165, 1.54) is 12.1 Å². The Balaban J connectivity index is 2.44. The van der Waals surface area contributed by atoms with Crippen LogP contribution >= 0.6 is 0 Å². The quantitative estimate of drug-likeness (QED) is 0.549. The second-order valence-corrected chi connectivity index (χ2v) is 9.02. The van der Waals surface area contributed by atoms with Crippen molar-refractivity contribution in [3.05, 3.63) is 52.6 Å². The van der Waals surface area contributed by atoms with E-state index in [2.05, 4.69) is 5.32 Å². The van der Waals surface area contributed by atoms with E-state index in [9.17, 15) is 18.3 Å². The Morgan fingerprint density at radius 3 is 2.38 bits per heavy atom. The third-order valence-corrected chi connectivity index (χ3v) is 4.76. The maximum Gasteiger partial charge on any atom is 0.306 e. The second kappa shape index (κ2) is 8.69. The standard InChI is InChI=1S/C22H27NO5S/c1-13(2)23-22(25)16(5)10-18-9-15(4)19(11-14(18)3)17-7-8-20(24)21(12-17)28-29(6,26)27/h7-13,24H,1-6H3,(H,23,25)/b16-10+. The van der Waals surface area contributed by atoms with Crippen molar-refractivity contribution in [2.24, 2.45) is 0 Å². The van der Waals surface area contributed by atoms with Gasteiger partial charge in [0.25, 0.3) is 0 Å². The summed E-state index contributed by atoms with van der Waals surface area (Å²) in [5.41, 5.74) is 5.03. The second-order valence-electron chi connectivity index (χ2n) is 7.45. The number of hydrogen-bond donors (Lipinski definition) is 2. The van der Waals surface area contributed by atoms with Gasteiger partial charge in [0.15, 0.2) is 11.5 Å². The van der Waals surface area contributed by atoms with Gasteiger partial charge in [0.05, 0.1) is 6.26 Å². The van der Waals surface area contributed by atoms with Crippen molar-refractivity contribution < 1.29 is 22.5 Å². The van der Waals surface area contributed by atoms with Crippen LogP contribution in [0.5, 0.6) is 11.5 Å². The molecule has 156 valence electrons. The molecule has 29 heavy (non-hydrogen) atoms. The highest BCUT2D eigenvalue weighted by atomic mass is 32.2. The average molecular weight is 418 g/mol. The minimum atomic E-state index is -3.76. The predicted molar refractivity (Wildman–Crippen MR) is 115 cm³/mol. The molecule has 0 unspecified atom stereocenters. The fourth-order valence-corrected chi connectivity index (χ4v) is 3.35. The highest BCUT2D eigenvalue weighted by molar-refractivity contribution is 7.86. The zero-order chi connectivity index (χ0) is 21.9. The number of phenols is 1. The van der Waals surface area contributed by atoms with Gasteiger partial charge in [-0.05, 0) is 80.6 Å². The summed E-state index contributed by atoms with van der Waals surface area (Å²) in [4.78, 5) is 12.2. The van der Waals surface area contributed by atoms with Gasteiger partial charge >= 0.3 is 10.1 Å². The van der Waals surface area contributed by atoms with Crippen LogP contribution in [0.1, 0.15) is 37.5 Å². The van der Waals surface area contributed by atoms with Crippen molar-refractivity contribution in [1.29, 1.82) is 0 Å². The van der Waals surface area contributed by atoms with Gasteiger partial charge in [0.1, 0.15) is 0 Å². The highest BCUT2D eigenvalue weighted by Gasteiger charge is 2.14.